The molecule has 0 atom stereocenters. The topological polar surface area (TPSA) is 68.3 Å². The van der Waals surface area contributed by atoms with Crippen molar-refractivity contribution in [3.63, 3.8) is 0 Å². The number of para-hydroxylation sites is 1. The molecule has 30 heavy (non-hydrogen) atoms. The largest absolute Gasteiger partial charge is 0.452 e. The third-order valence-corrected chi connectivity index (χ3v) is 5.56. The van der Waals surface area contributed by atoms with Crippen LogP contribution in [0.5, 0.6) is 0 Å². The zero-order valence-corrected chi connectivity index (χ0v) is 17.0. The van der Waals surface area contributed by atoms with Gasteiger partial charge >= 0.3 is 5.97 Å². The third-order valence-electron chi connectivity index (χ3n) is 5.56. The standard InChI is InChI=1S/C25H26N2O3/c28-24(26-19-12-6-1-2-7-13-19)17-30-25(29)21-16-23(18-10-4-3-5-11-18)27-22-15-9-8-14-20(21)22/h3-5,8-11,14-16,19H,1-2,6-7,12-13,17H2,(H,26,28). The van der Waals surface area contributed by atoms with E-state index < -0.39 is 5.97 Å². The predicted octanol–water partition coefficient (Wildman–Crippen LogP) is 4.90. The van der Waals surface area contributed by atoms with Gasteiger partial charge in [-0.05, 0) is 25.0 Å². The van der Waals surface area contributed by atoms with Crippen LogP contribution in [0.1, 0.15) is 48.9 Å². The fourth-order valence-corrected chi connectivity index (χ4v) is 4.00. The second-order valence-corrected chi connectivity index (χ2v) is 7.77. The third kappa shape index (κ3) is 4.85. The average Bonchev–Trinajstić information content (AvgIpc) is 3.06. The SMILES string of the molecule is O=C(COC(=O)c1cc(-c2ccccc2)nc2ccccc12)NC1CCCCCC1. The Labute approximate surface area is 176 Å². The Balaban J connectivity index is 1.50. The number of amides is 1. The Morgan fingerprint density at radius 3 is 2.40 bits per heavy atom. The summed E-state index contributed by atoms with van der Waals surface area (Å²) in [5.74, 6) is -0.751. The highest BCUT2D eigenvalue weighted by atomic mass is 16.5. The maximum absolute atomic E-state index is 12.9. The summed E-state index contributed by atoms with van der Waals surface area (Å²) in [5.41, 5.74) is 2.75. The van der Waals surface area contributed by atoms with Crippen LogP contribution in [0.4, 0.5) is 0 Å². The maximum Gasteiger partial charge on any atom is 0.339 e. The number of nitrogens with one attached hydrogen (secondary N) is 1. The lowest BCUT2D eigenvalue weighted by atomic mass is 10.0. The van der Waals surface area contributed by atoms with Crippen LogP contribution in [0.3, 0.4) is 0 Å². The summed E-state index contributed by atoms with van der Waals surface area (Å²) >= 11 is 0. The molecule has 0 saturated heterocycles. The van der Waals surface area contributed by atoms with Crippen LogP contribution >= 0.6 is 0 Å². The Bertz CT molecular complexity index is 1030. The van der Waals surface area contributed by atoms with Gasteiger partial charge in [-0.15, -0.1) is 0 Å². The molecular weight excluding hydrogens is 376 g/mol. The summed E-state index contributed by atoms with van der Waals surface area (Å²) < 4.78 is 5.38. The zero-order chi connectivity index (χ0) is 20.8. The molecule has 0 aliphatic heterocycles. The van der Waals surface area contributed by atoms with Crippen LogP contribution in [-0.2, 0) is 9.53 Å². The van der Waals surface area contributed by atoms with E-state index in [0.29, 0.717) is 22.2 Å². The summed E-state index contributed by atoms with van der Waals surface area (Å²) in [4.78, 5) is 29.9. The van der Waals surface area contributed by atoms with Gasteiger partial charge in [0, 0.05) is 17.0 Å². The van der Waals surface area contributed by atoms with Crippen LogP contribution in [0.15, 0.2) is 60.7 Å². The van der Waals surface area contributed by atoms with Crippen molar-refractivity contribution >= 4 is 22.8 Å². The minimum atomic E-state index is -0.512. The van der Waals surface area contributed by atoms with Gasteiger partial charge in [-0.2, -0.15) is 0 Å². The van der Waals surface area contributed by atoms with Crippen LogP contribution in [0.25, 0.3) is 22.2 Å². The van der Waals surface area contributed by atoms with E-state index in [0.717, 1.165) is 31.2 Å². The molecule has 1 aliphatic carbocycles. The molecule has 0 spiro atoms. The fraction of sp³-hybridized carbons (Fsp3) is 0.320. The molecule has 0 unspecified atom stereocenters. The van der Waals surface area contributed by atoms with E-state index in [2.05, 4.69) is 10.3 Å². The molecule has 3 aromatic rings. The maximum atomic E-state index is 12.9. The monoisotopic (exact) mass is 402 g/mol. The minimum absolute atomic E-state index is 0.185. The van der Waals surface area contributed by atoms with Gasteiger partial charge in [-0.3, -0.25) is 4.79 Å². The van der Waals surface area contributed by atoms with Gasteiger partial charge in [0.25, 0.3) is 5.91 Å². The number of hydrogen-bond donors (Lipinski definition) is 1. The van der Waals surface area contributed by atoms with Crippen molar-refractivity contribution in [1.29, 1.82) is 0 Å². The van der Waals surface area contributed by atoms with Gasteiger partial charge in [0.1, 0.15) is 0 Å². The summed E-state index contributed by atoms with van der Waals surface area (Å²) in [7, 11) is 0. The minimum Gasteiger partial charge on any atom is -0.452 e. The molecule has 5 heteroatoms. The number of hydrogen-bond acceptors (Lipinski definition) is 4. The molecule has 1 heterocycles. The number of carbonyl (C=O) groups is 2. The second kappa shape index (κ2) is 9.53. The number of ether oxygens (including phenoxy) is 1. The van der Waals surface area contributed by atoms with E-state index >= 15 is 0 Å². The lowest BCUT2D eigenvalue weighted by Gasteiger charge is -2.16. The molecule has 1 aliphatic rings. The van der Waals surface area contributed by atoms with Crippen molar-refractivity contribution in [2.24, 2.45) is 0 Å². The van der Waals surface area contributed by atoms with Gasteiger partial charge < -0.3 is 10.1 Å². The first-order chi connectivity index (χ1) is 14.7. The van der Waals surface area contributed by atoms with Crippen molar-refractivity contribution in [2.45, 2.75) is 44.6 Å². The molecule has 1 aromatic heterocycles. The number of carbonyl (C=O) groups excluding carboxylic acids is 2. The molecule has 5 nitrogen and oxygen atoms in total. The first-order valence-corrected chi connectivity index (χ1v) is 10.6. The van der Waals surface area contributed by atoms with Crippen molar-refractivity contribution in [3.05, 3.63) is 66.2 Å². The van der Waals surface area contributed by atoms with Crippen molar-refractivity contribution in [2.75, 3.05) is 6.61 Å². The number of fused-ring (bicyclic) bond motifs is 1. The van der Waals surface area contributed by atoms with Gasteiger partial charge in [-0.25, -0.2) is 9.78 Å². The average molecular weight is 402 g/mol. The Hall–Kier alpha value is -3.21. The molecule has 4 rings (SSSR count). The second-order valence-electron chi connectivity index (χ2n) is 7.77. The summed E-state index contributed by atoms with van der Waals surface area (Å²) in [6, 6.07) is 19.1. The molecular formula is C25H26N2O3. The molecule has 0 radical (unpaired) electrons. The first-order valence-electron chi connectivity index (χ1n) is 10.6. The summed E-state index contributed by atoms with van der Waals surface area (Å²) in [6.45, 7) is -0.271. The Morgan fingerprint density at radius 1 is 0.933 bits per heavy atom. The number of esters is 1. The number of aromatic nitrogens is 1. The van der Waals surface area contributed by atoms with Crippen molar-refractivity contribution in [1.82, 2.24) is 10.3 Å². The predicted molar refractivity (Wildman–Crippen MR) is 117 cm³/mol. The molecule has 154 valence electrons. The molecule has 1 amide bonds. The molecule has 1 N–H and O–H groups in total. The van der Waals surface area contributed by atoms with Gasteiger partial charge in [0.05, 0.1) is 16.8 Å². The zero-order valence-electron chi connectivity index (χ0n) is 17.0. The lowest BCUT2D eigenvalue weighted by Crippen LogP contribution is -2.37. The van der Waals surface area contributed by atoms with E-state index in [1.165, 1.54) is 12.8 Å². The normalized spacial score (nSPS) is 14.8. The van der Waals surface area contributed by atoms with Crippen molar-refractivity contribution < 1.29 is 14.3 Å². The highest BCUT2D eigenvalue weighted by molar-refractivity contribution is 6.05. The van der Waals surface area contributed by atoms with E-state index in [4.69, 9.17) is 4.74 Å². The number of benzene rings is 2. The lowest BCUT2D eigenvalue weighted by molar-refractivity contribution is -0.125. The van der Waals surface area contributed by atoms with Crippen LogP contribution in [0, 0.1) is 0 Å². The number of nitrogens with zero attached hydrogens (tertiary/aromatic N) is 1. The van der Waals surface area contributed by atoms with Gasteiger partial charge in [-0.1, -0.05) is 74.2 Å². The molecule has 2 aromatic carbocycles. The Morgan fingerprint density at radius 2 is 1.63 bits per heavy atom. The highest BCUT2D eigenvalue weighted by Gasteiger charge is 2.18. The highest BCUT2D eigenvalue weighted by Crippen LogP contribution is 2.25. The summed E-state index contributed by atoms with van der Waals surface area (Å²) in [6.07, 6.45) is 6.71. The smallest absolute Gasteiger partial charge is 0.339 e. The number of pyridine rings is 1. The fourth-order valence-electron chi connectivity index (χ4n) is 4.00. The first kappa shape index (κ1) is 20.1. The number of rotatable bonds is 5. The van der Waals surface area contributed by atoms with Crippen molar-refractivity contribution in [3.8, 4) is 11.3 Å². The summed E-state index contributed by atoms with van der Waals surface area (Å²) in [5, 5.41) is 3.73. The van der Waals surface area contributed by atoms with Crippen LogP contribution in [0.2, 0.25) is 0 Å². The molecule has 1 fully saturated rings. The van der Waals surface area contributed by atoms with Gasteiger partial charge in [0.15, 0.2) is 6.61 Å². The van der Waals surface area contributed by atoms with Gasteiger partial charge in [0.2, 0.25) is 0 Å². The molecule has 0 bridgehead atoms. The van der Waals surface area contributed by atoms with Crippen LogP contribution in [-0.4, -0.2) is 29.5 Å². The Kier molecular flexibility index (Phi) is 6.38. The van der Waals surface area contributed by atoms with E-state index in [9.17, 15) is 9.59 Å². The van der Waals surface area contributed by atoms with Crippen LogP contribution < -0.4 is 5.32 Å². The van der Waals surface area contributed by atoms with E-state index in [-0.39, 0.29) is 18.6 Å². The van der Waals surface area contributed by atoms with E-state index in [1.807, 2.05) is 54.6 Å². The quantitative estimate of drug-likeness (QED) is 0.487. The molecule has 1 saturated carbocycles. The van der Waals surface area contributed by atoms with E-state index in [1.54, 1.807) is 6.07 Å².